The summed E-state index contributed by atoms with van der Waals surface area (Å²) >= 11 is 0. The van der Waals surface area contributed by atoms with Gasteiger partial charge in [0.15, 0.2) is 6.10 Å². The van der Waals surface area contributed by atoms with Crippen LogP contribution in [0.25, 0.3) is 0 Å². The highest BCUT2D eigenvalue weighted by Crippen LogP contribution is 2.13. The number of unbranched alkanes of at least 4 members (excludes halogenated alkanes) is 23. The van der Waals surface area contributed by atoms with Crippen molar-refractivity contribution >= 4 is 17.9 Å². The van der Waals surface area contributed by atoms with E-state index in [1.165, 1.54) is 96.3 Å². The van der Waals surface area contributed by atoms with Gasteiger partial charge in [0.2, 0.25) is 0 Å². The molecule has 0 amide bonds. The first-order valence-corrected chi connectivity index (χ1v) is 21.3. The molecule has 0 fully saturated rings. The number of rotatable bonds is 38. The first kappa shape index (κ1) is 47.9. The van der Waals surface area contributed by atoms with E-state index in [1.807, 2.05) is 0 Å². The highest BCUT2D eigenvalue weighted by Gasteiger charge is 2.19. The van der Waals surface area contributed by atoms with E-state index < -0.39 is 6.10 Å². The second-order valence-electron chi connectivity index (χ2n) is 14.3. The quantitative estimate of drug-likeness (QED) is 0.0275. The normalized spacial score (nSPS) is 12.1. The number of ether oxygens (including phenoxy) is 3. The van der Waals surface area contributed by atoms with Crippen LogP contribution in [0.3, 0.4) is 0 Å². The van der Waals surface area contributed by atoms with Gasteiger partial charge in [0, 0.05) is 19.3 Å². The number of esters is 3. The molecule has 50 heavy (non-hydrogen) atoms. The van der Waals surface area contributed by atoms with Gasteiger partial charge in [0.1, 0.15) is 13.2 Å². The molecule has 0 aliphatic rings. The van der Waals surface area contributed by atoms with Crippen molar-refractivity contribution in [3.63, 3.8) is 0 Å². The molecule has 1 unspecified atom stereocenters. The van der Waals surface area contributed by atoms with Gasteiger partial charge in [-0.25, -0.2) is 0 Å². The maximum atomic E-state index is 12.6. The summed E-state index contributed by atoms with van der Waals surface area (Å²) in [6.45, 7) is 6.50. The van der Waals surface area contributed by atoms with Gasteiger partial charge in [0.25, 0.3) is 0 Å². The van der Waals surface area contributed by atoms with Crippen LogP contribution in [0, 0.1) is 0 Å². The predicted octanol–water partition coefficient (Wildman–Crippen LogP) is 13.2. The Kier molecular flexibility index (Phi) is 38.0. The largest absolute Gasteiger partial charge is 0.462 e. The molecular weight excluding hydrogens is 624 g/mol. The van der Waals surface area contributed by atoms with Gasteiger partial charge in [0.05, 0.1) is 0 Å². The fourth-order valence-corrected chi connectivity index (χ4v) is 5.91. The first-order chi connectivity index (χ1) is 24.5. The molecule has 0 aliphatic carbocycles. The Morgan fingerprint density at radius 1 is 0.380 bits per heavy atom. The van der Waals surface area contributed by atoms with E-state index in [2.05, 4.69) is 45.1 Å². The fraction of sp³-hybridized carbons (Fsp3) is 0.841. The van der Waals surface area contributed by atoms with E-state index in [9.17, 15) is 14.4 Å². The third-order valence-corrected chi connectivity index (χ3v) is 9.16. The zero-order valence-electron chi connectivity index (χ0n) is 33.2. The number of allylic oxidation sites excluding steroid dienone is 4. The van der Waals surface area contributed by atoms with Crippen molar-refractivity contribution in [2.45, 2.75) is 226 Å². The van der Waals surface area contributed by atoms with Gasteiger partial charge in [-0.05, 0) is 64.2 Å². The summed E-state index contributed by atoms with van der Waals surface area (Å²) in [4.78, 5) is 37.4. The third kappa shape index (κ3) is 37.2. The Balaban J connectivity index is 4.30. The maximum Gasteiger partial charge on any atom is 0.306 e. The molecule has 0 aliphatic heterocycles. The highest BCUT2D eigenvalue weighted by molar-refractivity contribution is 5.71. The number of carbonyl (C=O) groups excluding carboxylic acids is 3. The summed E-state index contributed by atoms with van der Waals surface area (Å²) in [6.07, 6.45) is 41.7. The molecule has 0 aromatic heterocycles. The van der Waals surface area contributed by atoms with Crippen molar-refractivity contribution in [3.05, 3.63) is 24.3 Å². The Bertz CT molecular complexity index is 819. The fourth-order valence-electron chi connectivity index (χ4n) is 5.91. The van der Waals surface area contributed by atoms with E-state index in [0.29, 0.717) is 19.3 Å². The minimum atomic E-state index is -0.770. The minimum absolute atomic E-state index is 0.0761. The summed E-state index contributed by atoms with van der Waals surface area (Å²) < 4.78 is 16.6. The zero-order valence-corrected chi connectivity index (χ0v) is 33.2. The van der Waals surface area contributed by atoms with Gasteiger partial charge in [-0.3, -0.25) is 14.4 Å². The van der Waals surface area contributed by atoms with Crippen molar-refractivity contribution < 1.29 is 28.6 Å². The van der Waals surface area contributed by atoms with Gasteiger partial charge < -0.3 is 14.2 Å². The van der Waals surface area contributed by atoms with Crippen molar-refractivity contribution in [3.8, 4) is 0 Å². The number of hydrogen-bond acceptors (Lipinski definition) is 6. The second kappa shape index (κ2) is 39.7. The van der Waals surface area contributed by atoms with Crippen LogP contribution in [0.5, 0.6) is 0 Å². The molecule has 0 rings (SSSR count). The molecule has 292 valence electrons. The van der Waals surface area contributed by atoms with Crippen LogP contribution in [0.1, 0.15) is 220 Å². The lowest BCUT2D eigenvalue weighted by atomic mass is 10.1. The average molecular weight is 705 g/mol. The van der Waals surface area contributed by atoms with Crippen molar-refractivity contribution in [2.75, 3.05) is 13.2 Å². The summed E-state index contributed by atoms with van der Waals surface area (Å²) in [5.74, 6) is -0.902. The Morgan fingerprint density at radius 2 is 0.700 bits per heavy atom. The van der Waals surface area contributed by atoms with E-state index >= 15 is 0 Å². The van der Waals surface area contributed by atoms with Crippen molar-refractivity contribution in [1.82, 2.24) is 0 Å². The van der Waals surface area contributed by atoms with Crippen LogP contribution >= 0.6 is 0 Å². The Morgan fingerprint density at radius 3 is 1.08 bits per heavy atom. The SMILES string of the molecule is CCC/C=C\CCCCCCCC(=O)OC(COC(=O)CCCCCCC/C=C\CCCCCCCC)COC(=O)CCCCCCCCC. The molecule has 0 saturated heterocycles. The molecule has 0 N–H and O–H groups in total. The Labute approximate surface area is 309 Å². The van der Waals surface area contributed by atoms with E-state index in [-0.39, 0.29) is 31.1 Å². The highest BCUT2D eigenvalue weighted by atomic mass is 16.6. The molecule has 0 heterocycles. The van der Waals surface area contributed by atoms with Gasteiger partial charge >= 0.3 is 17.9 Å². The van der Waals surface area contributed by atoms with E-state index in [4.69, 9.17) is 14.2 Å². The molecule has 0 spiro atoms. The first-order valence-electron chi connectivity index (χ1n) is 21.3. The molecule has 0 aromatic rings. The summed E-state index contributed by atoms with van der Waals surface area (Å²) in [5, 5.41) is 0. The molecule has 6 heteroatoms. The van der Waals surface area contributed by atoms with Gasteiger partial charge in [-0.15, -0.1) is 0 Å². The monoisotopic (exact) mass is 705 g/mol. The number of carbonyl (C=O) groups is 3. The van der Waals surface area contributed by atoms with Gasteiger partial charge in [-0.2, -0.15) is 0 Å². The summed E-state index contributed by atoms with van der Waals surface area (Å²) in [6, 6.07) is 0. The number of hydrogen-bond donors (Lipinski definition) is 0. The van der Waals surface area contributed by atoms with Crippen LogP contribution in [0.15, 0.2) is 24.3 Å². The average Bonchev–Trinajstić information content (AvgIpc) is 3.11. The smallest absolute Gasteiger partial charge is 0.306 e. The topological polar surface area (TPSA) is 78.9 Å². The molecule has 0 bridgehead atoms. The van der Waals surface area contributed by atoms with Gasteiger partial charge in [-0.1, -0.05) is 161 Å². The maximum absolute atomic E-state index is 12.6. The van der Waals surface area contributed by atoms with E-state index in [1.54, 1.807) is 0 Å². The minimum Gasteiger partial charge on any atom is -0.462 e. The predicted molar refractivity (Wildman–Crippen MR) is 210 cm³/mol. The molecule has 0 saturated carbocycles. The molecule has 0 radical (unpaired) electrons. The standard InChI is InChI=1S/C44H80O6/c1-4-7-10-13-16-18-20-21-22-23-24-26-28-31-34-37-43(46)49-40-41(39-48-42(45)36-33-30-27-15-12-9-6-3)50-44(47)38-35-32-29-25-19-17-14-11-8-5-2/h11,14,21-22,41H,4-10,12-13,15-20,23-40H2,1-3H3/b14-11-,22-21-. The van der Waals surface area contributed by atoms with Crippen LogP contribution in [0.4, 0.5) is 0 Å². The summed E-state index contributed by atoms with van der Waals surface area (Å²) in [5.41, 5.74) is 0. The second-order valence-corrected chi connectivity index (χ2v) is 14.3. The lowest BCUT2D eigenvalue weighted by molar-refractivity contribution is -0.167. The zero-order chi connectivity index (χ0) is 36.6. The molecule has 6 nitrogen and oxygen atoms in total. The third-order valence-electron chi connectivity index (χ3n) is 9.16. The molecular formula is C44H80O6. The Hall–Kier alpha value is -2.11. The molecule has 1 atom stereocenters. The summed E-state index contributed by atoms with van der Waals surface area (Å²) in [7, 11) is 0. The van der Waals surface area contributed by atoms with Crippen molar-refractivity contribution in [2.24, 2.45) is 0 Å². The van der Waals surface area contributed by atoms with Crippen LogP contribution < -0.4 is 0 Å². The lowest BCUT2D eigenvalue weighted by Gasteiger charge is -2.18. The van der Waals surface area contributed by atoms with E-state index in [0.717, 1.165) is 83.5 Å². The van der Waals surface area contributed by atoms with Crippen molar-refractivity contribution in [1.29, 1.82) is 0 Å². The van der Waals surface area contributed by atoms with Crippen LogP contribution in [-0.4, -0.2) is 37.2 Å². The van der Waals surface area contributed by atoms with Crippen LogP contribution in [-0.2, 0) is 28.6 Å². The van der Waals surface area contributed by atoms with Crippen LogP contribution in [0.2, 0.25) is 0 Å². The molecule has 0 aromatic carbocycles. The lowest BCUT2D eigenvalue weighted by Crippen LogP contribution is -2.30.